The Bertz CT molecular complexity index is 1670. The Balaban J connectivity index is 1.43. The second-order valence-corrected chi connectivity index (χ2v) is 9.07. The highest BCUT2D eigenvalue weighted by atomic mass is 19.4. The number of anilines is 6. The highest BCUT2D eigenvalue weighted by Gasteiger charge is 2.31. The van der Waals surface area contributed by atoms with Crippen LogP contribution in [0.5, 0.6) is 0 Å². The van der Waals surface area contributed by atoms with Gasteiger partial charge in [0.25, 0.3) is 5.91 Å². The molecule has 3 aromatic carbocycles. The fourth-order valence-corrected chi connectivity index (χ4v) is 3.93. The monoisotopic (exact) mass is 574 g/mol. The summed E-state index contributed by atoms with van der Waals surface area (Å²) in [6.45, 7) is 1.84. The third-order valence-electron chi connectivity index (χ3n) is 6.11. The van der Waals surface area contributed by atoms with Gasteiger partial charge in [-0.1, -0.05) is 6.07 Å². The van der Waals surface area contributed by atoms with E-state index in [1.165, 1.54) is 0 Å². The molecular formula is C29H25F3N8O2. The fraction of sp³-hybridized carbons (Fsp3) is 0.138. The minimum Gasteiger partial charge on any atom is -0.355 e. The molecule has 214 valence electrons. The number of aryl methyl sites for hydroxylation is 1. The predicted octanol–water partition coefficient (Wildman–Crippen LogP) is 6.19. The van der Waals surface area contributed by atoms with Gasteiger partial charge in [0.05, 0.1) is 17.2 Å². The predicted molar refractivity (Wildman–Crippen MR) is 153 cm³/mol. The van der Waals surface area contributed by atoms with Crippen molar-refractivity contribution >= 4 is 46.5 Å². The van der Waals surface area contributed by atoms with E-state index in [1.54, 1.807) is 67.7 Å². The zero-order valence-electron chi connectivity index (χ0n) is 22.7. The van der Waals surface area contributed by atoms with Gasteiger partial charge < -0.3 is 26.2 Å². The van der Waals surface area contributed by atoms with Gasteiger partial charge in [0.2, 0.25) is 5.95 Å². The number of halogens is 3. The standard InChI is InChI=1S/C29H25F3N8O2/c1-17-4-5-21(15-24(17)26(41)34-2)36-27-35-11-10-25(39-27)40(3)23-8-6-20(7-9-23)37-28(42)38-22-13-18(16-33)12-19(14-22)29(30,31)32/h4-15H,1-3H3,(H,34,41)(H,35,36,39)(H2,37,38,42). The van der Waals surface area contributed by atoms with Crippen molar-refractivity contribution in [2.24, 2.45) is 0 Å². The first-order valence-corrected chi connectivity index (χ1v) is 12.4. The summed E-state index contributed by atoms with van der Waals surface area (Å²) in [6.07, 6.45) is -3.08. The topological polar surface area (TPSA) is 135 Å². The molecule has 42 heavy (non-hydrogen) atoms. The van der Waals surface area contributed by atoms with E-state index in [9.17, 15) is 22.8 Å². The minimum absolute atomic E-state index is 0.168. The molecule has 0 aliphatic heterocycles. The smallest absolute Gasteiger partial charge is 0.355 e. The van der Waals surface area contributed by atoms with Crippen LogP contribution >= 0.6 is 0 Å². The zero-order valence-corrected chi connectivity index (χ0v) is 22.7. The Morgan fingerprint density at radius 1 is 0.929 bits per heavy atom. The molecule has 0 radical (unpaired) electrons. The lowest BCUT2D eigenvalue weighted by atomic mass is 10.1. The van der Waals surface area contributed by atoms with Crippen LogP contribution in [0.2, 0.25) is 0 Å². The van der Waals surface area contributed by atoms with E-state index in [1.807, 2.05) is 19.1 Å². The number of nitriles is 1. The first kappa shape index (κ1) is 29.3. The molecule has 0 saturated carbocycles. The van der Waals surface area contributed by atoms with Gasteiger partial charge in [-0.2, -0.15) is 23.4 Å². The van der Waals surface area contributed by atoms with E-state index < -0.39 is 17.8 Å². The Kier molecular flexibility index (Phi) is 8.56. The average molecular weight is 575 g/mol. The molecule has 13 heteroatoms. The molecule has 1 aromatic heterocycles. The Labute approximate surface area is 239 Å². The maximum Gasteiger partial charge on any atom is 0.416 e. The van der Waals surface area contributed by atoms with Gasteiger partial charge in [0, 0.05) is 48.6 Å². The normalized spacial score (nSPS) is 10.8. The summed E-state index contributed by atoms with van der Waals surface area (Å²) in [7, 11) is 3.35. The van der Waals surface area contributed by atoms with E-state index in [2.05, 4.69) is 31.2 Å². The number of nitrogens with one attached hydrogen (secondary N) is 4. The van der Waals surface area contributed by atoms with Crippen molar-refractivity contribution in [3.8, 4) is 6.07 Å². The van der Waals surface area contributed by atoms with Gasteiger partial charge >= 0.3 is 12.2 Å². The summed E-state index contributed by atoms with van der Waals surface area (Å²) in [4.78, 5) is 35.1. The second-order valence-electron chi connectivity index (χ2n) is 9.07. The number of hydrogen-bond donors (Lipinski definition) is 4. The van der Waals surface area contributed by atoms with Crippen molar-refractivity contribution in [3.63, 3.8) is 0 Å². The van der Waals surface area contributed by atoms with Crippen molar-refractivity contribution in [2.45, 2.75) is 13.1 Å². The maximum absolute atomic E-state index is 13.1. The fourth-order valence-electron chi connectivity index (χ4n) is 3.93. The lowest BCUT2D eigenvalue weighted by molar-refractivity contribution is -0.137. The molecule has 3 amide bonds. The van der Waals surface area contributed by atoms with Crippen LogP contribution in [0.3, 0.4) is 0 Å². The summed E-state index contributed by atoms with van der Waals surface area (Å²) in [6, 6.07) is 17.2. The van der Waals surface area contributed by atoms with E-state index in [-0.39, 0.29) is 17.2 Å². The van der Waals surface area contributed by atoms with Crippen LogP contribution in [0.15, 0.2) is 72.9 Å². The van der Waals surface area contributed by atoms with Crippen LogP contribution in [-0.2, 0) is 6.18 Å². The van der Waals surface area contributed by atoms with Crippen LogP contribution in [0.25, 0.3) is 0 Å². The molecular weight excluding hydrogens is 549 g/mol. The molecule has 0 atom stereocenters. The van der Waals surface area contributed by atoms with E-state index >= 15 is 0 Å². The summed E-state index contributed by atoms with van der Waals surface area (Å²) >= 11 is 0. The van der Waals surface area contributed by atoms with E-state index in [0.29, 0.717) is 34.8 Å². The number of nitrogens with zero attached hydrogens (tertiary/aromatic N) is 4. The molecule has 0 bridgehead atoms. The van der Waals surface area contributed by atoms with Gasteiger partial charge in [-0.25, -0.2) is 9.78 Å². The molecule has 1 heterocycles. The Morgan fingerprint density at radius 3 is 2.29 bits per heavy atom. The molecule has 0 aliphatic rings. The van der Waals surface area contributed by atoms with Gasteiger partial charge in [-0.3, -0.25) is 4.79 Å². The first-order chi connectivity index (χ1) is 20.0. The van der Waals surface area contributed by atoms with Crippen LogP contribution in [-0.4, -0.2) is 36.0 Å². The maximum atomic E-state index is 13.1. The zero-order chi connectivity index (χ0) is 30.4. The quantitative estimate of drug-likeness (QED) is 0.207. The van der Waals surface area contributed by atoms with E-state index in [4.69, 9.17) is 5.26 Å². The average Bonchev–Trinajstić information content (AvgIpc) is 2.97. The van der Waals surface area contributed by atoms with Crippen LogP contribution in [0.4, 0.5) is 52.5 Å². The number of rotatable bonds is 7. The second kappa shape index (κ2) is 12.3. The lowest BCUT2D eigenvalue weighted by Gasteiger charge is -2.19. The van der Waals surface area contributed by atoms with Crippen molar-refractivity contribution in [1.82, 2.24) is 15.3 Å². The Morgan fingerprint density at radius 2 is 1.62 bits per heavy atom. The van der Waals surface area contributed by atoms with Crippen molar-refractivity contribution in [2.75, 3.05) is 34.9 Å². The number of carbonyl (C=O) groups is 2. The number of hydrogen-bond acceptors (Lipinski definition) is 7. The molecule has 0 unspecified atom stereocenters. The molecule has 10 nitrogen and oxygen atoms in total. The summed E-state index contributed by atoms with van der Waals surface area (Å²) in [5, 5.41) is 19.6. The summed E-state index contributed by atoms with van der Waals surface area (Å²) in [5.74, 6) is 0.669. The minimum atomic E-state index is -4.67. The Hall–Kier alpha value is -5.64. The molecule has 0 fully saturated rings. The molecule has 0 saturated heterocycles. The third-order valence-corrected chi connectivity index (χ3v) is 6.11. The van der Waals surface area contributed by atoms with Crippen LogP contribution in [0.1, 0.15) is 27.0 Å². The van der Waals surface area contributed by atoms with Gasteiger partial charge in [0.15, 0.2) is 0 Å². The highest BCUT2D eigenvalue weighted by molar-refractivity contribution is 6.00. The van der Waals surface area contributed by atoms with Crippen LogP contribution < -0.4 is 26.2 Å². The van der Waals surface area contributed by atoms with E-state index in [0.717, 1.165) is 23.4 Å². The highest BCUT2D eigenvalue weighted by Crippen LogP contribution is 2.32. The molecule has 4 N–H and O–H groups in total. The van der Waals surface area contributed by atoms with Crippen molar-refractivity contribution in [3.05, 3.63) is 95.2 Å². The number of alkyl halides is 3. The number of amides is 3. The molecule has 0 aliphatic carbocycles. The molecule has 0 spiro atoms. The summed E-state index contributed by atoms with van der Waals surface area (Å²) in [5.41, 5.74) is 1.66. The first-order valence-electron chi connectivity index (χ1n) is 12.4. The number of carbonyl (C=O) groups excluding carboxylic acids is 2. The van der Waals surface area contributed by atoms with Gasteiger partial charge in [0.1, 0.15) is 5.82 Å². The van der Waals surface area contributed by atoms with Crippen molar-refractivity contribution in [1.29, 1.82) is 5.26 Å². The number of aromatic nitrogens is 2. The number of benzene rings is 3. The largest absolute Gasteiger partial charge is 0.416 e. The molecule has 4 aromatic rings. The van der Waals surface area contributed by atoms with Gasteiger partial charge in [-0.05, 0) is 73.2 Å². The van der Waals surface area contributed by atoms with Crippen LogP contribution in [0, 0.1) is 18.3 Å². The lowest BCUT2D eigenvalue weighted by Crippen LogP contribution is -2.20. The van der Waals surface area contributed by atoms with Crippen molar-refractivity contribution < 1.29 is 22.8 Å². The SMILES string of the molecule is CNC(=O)c1cc(Nc2nccc(N(C)c3ccc(NC(=O)Nc4cc(C#N)cc(C(F)(F)F)c4)cc3)n2)ccc1C. The van der Waals surface area contributed by atoms with Gasteiger partial charge in [-0.15, -0.1) is 0 Å². The third kappa shape index (κ3) is 7.11. The number of urea groups is 1. The summed E-state index contributed by atoms with van der Waals surface area (Å²) < 4.78 is 39.3. The molecule has 4 rings (SSSR count).